The average molecular weight is 484 g/mol. The third-order valence-electron chi connectivity index (χ3n) is 4.35. The Kier molecular flexibility index (Phi) is 8.83. The van der Waals surface area contributed by atoms with Crippen LogP contribution < -0.4 is 15.4 Å². The smallest absolute Gasteiger partial charge is 0.191 e. The van der Waals surface area contributed by atoms with Crippen LogP contribution in [0.15, 0.2) is 35.6 Å². The number of hydrogen-bond donors (Lipinski definition) is 2. The number of ether oxygens (including phenoxy) is 1. The van der Waals surface area contributed by atoms with E-state index in [-0.39, 0.29) is 24.0 Å². The second-order valence-corrected chi connectivity index (χ2v) is 6.44. The molecule has 1 heterocycles. The maximum absolute atomic E-state index is 5.97. The molecule has 1 aliphatic rings. The Bertz CT molecular complexity index is 728. The van der Waals surface area contributed by atoms with Crippen LogP contribution in [-0.4, -0.2) is 33.9 Å². The Hall–Kier alpha value is -1.84. The normalized spacial score (nSPS) is 13.8. The van der Waals surface area contributed by atoms with E-state index < -0.39 is 0 Å². The topological polar surface area (TPSA) is 76.4 Å². The minimum Gasteiger partial charge on any atom is -0.493 e. The lowest BCUT2D eigenvalue weighted by molar-refractivity contribution is 0.297. The monoisotopic (exact) mass is 484 g/mol. The van der Waals surface area contributed by atoms with Crippen molar-refractivity contribution in [2.75, 3.05) is 13.2 Å². The van der Waals surface area contributed by atoms with Crippen LogP contribution in [0.25, 0.3) is 0 Å². The van der Waals surface area contributed by atoms with Crippen molar-refractivity contribution < 1.29 is 4.74 Å². The fraction of sp³-hybridized carbons (Fsp3) is 0.526. The van der Waals surface area contributed by atoms with Gasteiger partial charge in [0.25, 0.3) is 0 Å². The molecule has 1 saturated carbocycles. The molecule has 8 heteroatoms. The molecule has 3 rings (SSSR count). The Morgan fingerprint density at radius 2 is 2.07 bits per heavy atom. The molecule has 0 unspecified atom stereocenters. The van der Waals surface area contributed by atoms with Crippen LogP contribution >= 0.6 is 24.0 Å². The number of halogens is 1. The summed E-state index contributed by atoms with van der Waals surface area (Å²) < 4.78 is 7.98. The number of hydrogen-bond acceptors (Lipinski definition) is 4. The molecule has 0 amide bonds. The number of nitrogens with zero attached hydrogens (tertiary/aromatic N) is 4. The van der Waals surface area contributed by atoms with Gasteiger partial charge in [0.15, 0.2) is 11.8 Å². The Morgan fingerprint density at radius 3 is 2.81 bits per heavy atom. The third kappa shape index (κ3) is 6.67. The Balaban J connectivity index is 0.00000261. The van der Waals surface area contributed by atoms with Gasteiger partial charge in [0.2, 0.25) is 0 Å². The molecule has 2 aromatic rings. The second kappa shape index (κ2) is 11.1. The Labute approximate surface area is 178 Å². The van der Waals surface area contributed by atoms with Gasteiger partial charge in [-0.05, 0) is 38.7 Å². The number of aliphatic imine (C=N–C) groups is 1. The van der Waals surface area contributed by atoms with Gasteiger partial charge in [0.05, 0.1) is 19.7 Å². The first kappa shape index (κ1) is 21.5. The van der Waals surface area contributed by atoms with Gasteiger partial charge in [-0.25, -0.2) is 4.99 Å². The van der Waals surface area contributed by atoms with Crippen LogP contribution in [0, 0.1) is 5.92 Å². The predicted octanol–water partition coefficient (Wildman–Crippen LogP) is 2.96. The second-order valence-electron chi connectivity index (χ2n) is 6.44. The van der Waals surface area contributed by atoms with Crippen LogP contribution in [-0.2, 0) is 19.6 Å². The molecule has 0 radical (unpaired) electrons. The van der Waals surface area contributed by atoms with Gasteiger partial charge in [0.1, 0.15) is 12.1 Å². The highest BCUT2D eigenvalue weighted by Gasteiger charge is 2.22. The molecular weight excluding hydrogens is 455 g/mol. The summed E-state index contributed by atoms with van der Waals surface area (Å²) >= 11 is 0. The van der Waals surface area contributed by atoms with Crippen LogP contribution in [0.2, 0.25) is 0 Å². The van der Waals surface area contributed by atoms with Crippen molar-refractivity contribution in [1.82, 2.24) is 25.4 Å². The number of rotatable bonds is 9. The summed E-state index contributed by atoms with van der Waals surface area (Å²) in [6.07, 6.45) is 4.32. The van der Waals surface area contributed by atoms with Crippen molar-refractivity contribution in [1.29, 1.82) is 0 Å². The number of guanidine groups is 1. The molecule has 0 spiro atoms. The number of benzene rings is 1. The van der Waals surface area contributed by atoms with Crippen LogP contribution in [0.4, 0.5) is 0 Å². The average Bonchev–Trinajstić information content (AvgIpc) is 3.39. The maximum Gasteiger partial charge on any atom is 0.191 e. The van der Waals surface area contributed by atoms with Crippen molar-refractivity contribution in [3.63, 3.8) is 0 Å². The van der Waals surface area contributed by atoms with E-state index in [1.165, 1.54) is 12.8 Å². The van der Waals surface area contributed by atoms with E-state index in [2.05, 4.69) is 40.7 Å². The molecule has 0 atom stereocenters. The predicted molar refractivity (Wildman–Crippen MR) is 117 cm³/mol. The molecule has 1 aromatic carbocycles. The molecule has 1 aliphatic carbocycles. The SMILES string of the molecule is CCNC(=NCc1ccccc1OCC1CC1)NCc1nncn1CC.I. The maximum atomic E-state index is 5.97. The van der Waals surface area contributed by atoms with Crippen LogP contribution in [0.3, 0.4) is 0 Å². The highest BCUT2D eigenvalue weighted by Crippen LogP contribution is 2.30. The lowest BCUT2D eigenvalue weighted by atomic mass is 10.2. The summed E-state index contributed by atoms with van der Waals surface area (Å²) in [7, 11) is 0. The van der Waals surface area contributed by atoms with E-state index in [4.69, 9.17) is 9.73 Å². The van der Waals surface area contributed by atoms with Gasteiger partial charge < -0.3 is 19.9 Å². The molecule has 27 heavy (non-hydrogen) atoms. The quantitative estimate of drug-likeness (QED) is 0.325. The zero-order chi connectivity index (χ0) is 18.2. The molecule has 0 saturated heterocycles. The molecule has 0 bridgehead atoms. The first-order valence-corrected chi connectivity index (χ1v) is 9.39. The fourth-order valence-corrected chi connectivity index (χ4v) is 2.62. The third-order valence-corrected chi connectivity index (χ3v) is 4.35. The van der Waals surface area contributed by atoms with Gasteiger partial charge in [-0.3, -0.25) is 0 Å². The molecule has 7 nitrogen and oxygen atoms in total. The summed E-state index contributed by atoms with van der Waals surface area (Å²) in [6.45, 7) is 7.74. The first-order chi connectivity index (χ1) is 12.8. The van der Waals surface area contributed by atoms with Crippen molar-refractivity contribution in [2.24, 2.45) is 10.9 Å². The van der Waals surface area contributed by atoms with Crippen molar-refractivity contribution >= 4 is 29.9 Å². The molecule has 0 aliphatic heterocycles. The lowest BCUT2D eigenvalue weighted by Gasteiger charge is -2.13. The van der Waals surface area contributed by atoms with Gasteiger partial charge in [-0.1, -0.05) is 18.2 Å². The minimum absolute atomic E-state index is 0. The Morgan fingerprint density at radius 1 is 1.26 bits per heavy atom. The standard InChI is InChI=1S/C19H28N6O.HI/c1-3-20-19(22-12-18-24-23-14-25(18)4-2)21-11-16-7-5-6-8-17(16)26-13-15-9-10-15;/h5-8,14-15H,3-4,9-13H2,1-2H3,(H2,20,21,22);1H. The van der Waals surface area contributed by atoms with Gasteiger partial charge in [-0.15, -0.1) is 34.2 Å². The molecule has 1 aromatic heterocycles. The van der Waals surface area contributed by atoms with E-state index in [9.17, 15) is 0 Å². The van der Waals surface area contributed by atoms with Crippen molar-refractivity contribution in [3.8, 4) is 5.75 Å². The molecule has 148 valence electrons. The number of nitrogens with one attached hydrogen (secondary N) is 2. The highest BCUT2D eigenvalue weighted by atomic mass is 127. The van der Waals surface area contributed by atoms with Gasteiger partial charge in [0, 0.05) is 18.7 Å². The zero-order valence-electron chi connectivity index (χ0n) is 16.0. The summed E-state index contributed by atoms with van der Waals surface area (Å²) in [5.74, 6) is 3.33. The van der Waals surface area contributed by atoms with E-state index in [0.717, 1.165) is 48.7 Å². The largest absolute Gasteiger partial charge is 0.493 e. The summed E-state index contributed by atoms with van der Waals surface area (Å²) in [4.78, 5) is 4.70. The zero-order valence-corrected chi connectivity index (χ0v) is 18.3. The fourth-order valence-electron chi connectivity index (χ4n) is 2.62. The highest BCUT2D eigenvalue weighted by molar-refractivity contribution is 14.0. The number of para-hydroxylation sites is 1. The summed E-state index contributed by atoms with van der Waals surface area (Å²) in [5, 5.41) is 14.7. The summed E-state index contributed by atoms with van der Waals surface area (Å²) in [5.41, 5.74) is 1.10. The van der Waals surface area contributed by atoms with E-state index in [1.807, 2.05) is 22.8 Å². The van der Waals surface area contributed by atoms with Crippen LogP contribution in [0.1, 0.15) is 38.1 Å². The minimum atomic E-state index is 0. The van der Waals surface area contributed by atoms with Gasteiger partial charge in [-0.2, -0.15) is 0 Å². The van der Waals surface area contributed by atoms with Crippen LogP contribution in [0.5, 0.6) is 5.75 Å². The summed E-state index contributed by atoms with van der Waals surface area (Å²) in [6, 6.07) is 8.13. The van der Waals surface area contributed by atoms with Crippen molar-refractivity contribution in [3.05, 3.63) is 42.0 Å². The molecule has 2 N–H and O–H groups in total. The van der Waals surface area contributed by atoms with E-state index in [0.29, 0.717) is 13.1 Å². The molecular formula is C19H29IN6O. The van der Waals surface area contributed by atoms with Gasteiger partial charge >= 0.3 is 0 Å². The number of aryl methyl sites for hydroxylation is 1. The van der Waals surface area contributed by atoms with Crippen molar-refractivity contribution in [2.45, 2.75) is 46.3 Å². The molecule has 1 fully saturated rings. The van der Waals surface area contributed by atoms with E-state index in [1.54, 1.807) is 6.33 Å². The lowest BCUT2D eigenvalue weighted by Crippen LogP contribution is -2.37. The first-order valence-electron chi connectivity index (χ1n) is 9.39. The number of aromatic nitrogens is 3. The van der Waals surface area contributed by atoms with E-state index >= 15 is 0 Å².